The lowest BCUT2D eigenvalue weighted by atomic mass is 10.0. The molecule has 4 aliphatic rings. The van der Waals surface area contributed by atoms with Gasteiger partial charge in [0.1, 0.15) is 66.3 Å². The highest BCUT2D eigenvalue weighted by molar-refractivity contribution is 7.66. The molecule has 10 rings (SSSR count). The van der Waals surface area contributed by atoms with Gasteiger partial charge in [0.05, 0.1) is 46.1 Å². The van der Waals surface area contributed by atoms with Crippen LogP contribution in [0.3, 0.4) is 0 Å². The lowest BCUT2D eigenvalue weighted by Gasteiger charge is -2.32. The number of anilines is 3. The van der Waals surface area contributed by atoms with Gasteiger partial charge in [-0.05, 0) is 0 Å². The number of hydrogen-bond donors (Lipinski definition) is 13. The van der Waals surface area contributed by atoms with Gasteiger partial charge in [-0.2, -0.15) is 23.2 Å². The number of phosphoric acid groups is 4. The van der Waals surface area contributed by atoms with Crippen molar-refractivity contribution >= 4 is 82.5 Å². The second-order valence-corrected chi connectivity index (χ2v) is 23.0. The van der Waals surface area contributed by atoms with Crippen LogP contribution in [-0.4, -0.2) is 174 Å². The smallest absolute Gasteiger partial charge is 0.387 e. The van der Waals surface area contributed by atoms with Crippen LogP contribution in [0.25, 0.3) is 33.5 Å². The van der Waals surface area contributed by atoms with E-state index in [2.05, 4.69) is 48.5 Å². The van der Waals surface area contributed by atoms with Crippen molar-refractivity contribution in [3.8, 4) is 0 Å². The minimum atomic E-state index is -6.21. The zero-order chi connectivity index (χ0) is 53.9. The molecule has 408 valence electrons. The normalized spacial score (nSPS) is 32.0. The number of aliphatic hydroxyl groups excluding tert-OH is 4. The largest absolute Gasteiger partial charge is 0.490 e. The van der Waals surface area contributed by atoms with Crippen LogP contribution in [-0.2, 0) is 71.0 Å². The third-order valence-corrected chi connectivity index (χ3v) is 17.2. The van der Waals surface area contributed by atoms with Crippen LogP contribution in [0.2, 0.25) is 0 Å². The Balaban J connectivity index is 0.809. The van der Waals surface area contributed by atoms with Crippen molar-refractivity contribution in [2.75, 3.05) is 43.6 Å². The SMILES string of the molecule is C[n+]1cn([C@@H]2O[C@H](COP(=O)(O)OP(=O)(O)OP(=O)(O)OC[C@@]34CO[C@@H](C3OP(=O)(O)OC[C@H]3O[C@@H](n5cnc6c(=O)[nH]c(N)nc65)[C@@H](O)C3O)[C@H](n3cnc5c(N)ncnc53)O4)C(O)[C@@H]2O)c2nc(N)[nH]c(=O)c21. The van der Waals surface area contributed by atoms with E-state index in [0.29, 0.717) is 0 Å². The molecule has 10 heterocycles. The average molecular weight is 1140 g/mol. The van der Waals surface area contributed by atoms with Gasteiger partial charge in [-0.15, -0.1) is 0 Å². The summed E-state index contributed by atoms with van der Waals surface area (Å²) in [4.78, 5) is 95.9. The first-order valence-electron chi connectivity index (χ1n) is 21.3. The third-order valence-electron chi connectivity index (χ3n) is 12.0. The number of rotatable bonds is 18. The summed E-state index contributed by atoms with van der Waals surface area (Å²) in [5, 5.41) is 43.2. The van der Waals surface area contributed by atoms with Gasteiger partial charge >= 0.3 is 36.9 Å². The molecule has 16 atom stereocenters. The Morgan fingerprint density at radius 1 is 0.707 bits per heavy atom. The molecular weight excluding hydrogens is 1100 g/mol. The van der Waals surface area contributed by atoms with E-state index in [1.165, 1.54) is 22.5 Å². The number of nitrogens with two attached hydrogens (primary N) is 3. The fourth-order valence-electron chi connectivity index (χ4n) is 8.73. The second kappa shape index (κ2) is 19.1. The minimum Gasteiger partial charge on any atom is -0.387 e. The van der Waals surface area contributed by atoms with E-state index < -0.39 is 142 Å². The zero-order valence-electron chi connectivity index (χ0n) is 37.6. The average Bonchev–Trinajstić information content (AvgIpc) is 4.23. The molecule has 4 fully saturated rings. The van der Waals surface area contributed by atoms with Gasteiger partial charge in [0.2, 0.25) is 24.5 Å². The van der Waals surface area contributed by atoms with Gasteiger partial charge in [-0.1, -0.05) is 0 Å². The summed E-state index contributed by atoms with van der Waals surface area (Å²) in [6, 6.07) is 0. The minimum absolute atomic E-state index is 0.0230. The van der Waals surface area contributed by atoms with Crippen LogP contribution in [0, 0.1) is 0 Å². The van der Waals surface area contributed by atoms with E-state index >= 15 is 0 Å². The van der Waals surface area contributed by atoms with Crippen LogP contribution >= 0.6 is 31.3 Å². The first-order chi connectivity index (χ1) is 35.2. The molecule has 16 N–H and O–H groups in total. The van der Waals surface area contributed by atoms with Crippen LogP contribution < -0.4 is 32.9 Å². The third kappa shape index (κ3) is 9.95. The van der Waals surface area contributed by atoms with Crippen LogP contribution in [0.4, 0.5) is 17.7 Å². The Kier molecular flexibility index (Phi) is 13.6. The number of nitrogen functional groups attached to an aromatic ring is 3. The first-order valence-corrected chi connectivity index (χ1v) is 27.2. The molecule has 0 radical (unpaired) electrons. The van der Waals surface area contributed by atoms with Gasteiger partial charge < -0.3 is 76.1 Å². The zero-order valence-corrected chi connectivity index (χ0v) is 41.2. The number of fused-ring (bicyclic) bond motifs is 5. The number of H-pyrrole nitrogens is 2. The maximum atomic E-state index is 13.7. The molecule has 0 amide bonds. The van der Waals surface area contributed by atoms with Crippen LogP contribution in [0.1, 0.15) is 18.7 Å². The number of imidazole rings is 3. The predicted molar refractivity (Wildman–Crippen MR) is 237 cm³/mol. The summed E-state index contributed by atoms with van der Waals surface area (Å²) in [5.41, 5.74) is 13.2. The molecule has 39 nitrogen and oxygen atoms in total. The molecule has 6 aromatic heterocycles. The van der Waals surface area contributed by atoms with E-state index in [4.69, 9.17) is 54.2 Å². The van der Waals surface area contributed by atoms with E-state index in [1.54, 1.807) is 0 Å². The Morgan fingerprint density at radius 2 is 1.27 bits per heavy atom. The summed E-state index contributed by atoms with van der Waals surface area (Å²) >= 11 is 0. The van der Waals surface area contributed by atoms with E-state index in [9.17, 15) is 67.8 Å². The molecule has 0 aliphatic carbocycles. The van der Waals surface area contributed by atoms with Crippen molar-refractivity contribution < 1.29 is 108 Å². The van der Waals surface area contributed by atoms with E-state index in [-0.39, 0.29) is 51.2 Å². The number of nitrogens with one attached hydrogen (secondary N) is 2. The molecule has 6 aromatic rings. The van der Waals surface area contributed by atoms with Crippen molar-refractivity contribution in [3.05, 3.63) is 46.0 Å². The van der Waals surface area contributed by atoms with Crippen LogP contribution in [0.5, 0.6) is 0 Å². The molecule has 4 aliphatic heterocycles. The number of aliphatic hydroxyl groups is 4. The van der Waals surface area contributed by atoms with Gasteiger partial charge in [-0.25, -0.2) is 42.8 Å². The van der Waals surface area contributed by atoms with E-state index in [0.717, 1.165) is 28.1 Å². The highest BCUT2D eigenvalue weighted by Gasteiger charge is 2.66. The number of nitrogens with zero attached hydrogens (tertiary/aromatic N) is 10. The van der Waals surface area contributed by atoms with E-state index in [1.807, 2.05) is 0 Å². The molecule has 2 bridgehead atoms. The molecular formula is C32H42N15O24P4+. The van der Waals surface area contributed by atoms with Crippen molar-refractivity contribution in [1.29, 1.82) is 0 Å². The van der Waals surface area contributed by atoms with Crippen LogP contribution in [0.15, 0.2) is 34.9 Å². The maximum absolute atomic E-state index is 13.7. The monoisotopic (exact) mass is 1140 g/mol. The lowest BCUT2D eigenvalue weighted by molar-refractivity contribution is -0.646. The molecule has 43 heteroatoms. The molecule has 0 spiro atoms. The molecule has 4 saturated heterocycles. The highest BCUT2D eigenvalue weighted by atomic mass is 31.3. The predicted octanol–water partition coefficient (Wildman–Crippen LogP) is -4.96. The summed E-state index contributed by atoms with van der Waals surface area (Å²) in [6.07, 6.45) is -13.8. The fraction of sp³-hybridized carbons (Fsp3) is 0.531. The first kappa shape index (κ1) is 53.3. The molecule has 0 saturated carbocycles. The van der Waals surface area contributed by atoms with Gasteiger partial charge in [0, 0.05) is 0 Å². The van der Waals surface area contributed by atoms with Gasteiger partial charge in [-0.3, -0.25) is 46.8 Å². The molecule has 0 aromatic carbocycles. The number of aromatic amines is 2. The number of ether oxygens (including phenoxy) is 4. The maximum Gasteiger partial charge on any atom is 0.490 e. The van der Waals surface area contributed by atoms with Crippen molar-refractivity contribution in [3.63, 3.8) is 0 Å². The molecule has 75 heavy (non-hydrogen) atoms. The van der Waals surface area contributed by atoms with Crippen molar-refractivity contribution in [2.45, 2.75) is 73.1 Å². The lowest BCUT2D eigenvalue weighted by Crippen LogP contribution is -2.45. The number of aromatic nitrogens is 12. The fourth-order valence-corrected chi connectivity index (χ4v) is 13.3. The Labute approximate surface area is 413 Å². The Bertz CT molecular complexity index is 3540. The standard InChI is InChI=1S/C32H41N15O24P4/c1-44-9-47(24-14(44)26(53)43-31(35)41-24)28-18(51)16(49)11(67-28)3-64-73(56,57)70-75(60,61)71-74(58,59)65-5-32-4-62-19(29(68-32)45-7-38-12-21(33)36-6-37-22(12)45)20(32)69-72(54,55)63-2-10-15(48)17(50)27(66-10)46-8-39-13-23(46)40-30(34)42-25(13)52/h6-11,15-20,27-29,48-51H,2-5H2,1H3,(H11-,33,34,35,36,37,40,41,42,43,52,53,54,55,56,57,58,59,60,61)/p+1/t10-,11-,15?,16?,17+,18+,19+,20?,27-,28-,29-,32+/m1/s1. The summed E-state index contributed by atoms with van der Waals surface area (Å²) < 4.78 is 110. The number of aryl methyl sites for hydroxylation is 1. The highest BCUT2D eigenvalue weighted by Crippen LogP contribution is 2.68. The second-order valence-electron chi connectivity index (χ2n) is 17.0. The Hall–Kier alpha value is -5.15. The quantitative estimate of drug-likeness (QED) is 0.0283. The summed E-state index contributed by atoms with van der Waals surface area (Å²) in [5.74, 6) is -0.703. The summed E-state index contributed by atoms with van der Waals surface area (Å²) in [7, 11) is -22.0. The van der Waals surface area contributed by atoms with Crippen molar-refractivity contribution in [2.24, 2.45) is 7.05 Å². The Morgan fingerprint density at radius 3 is 1.92 bits per heavy atom. The molecule has 7 unspecified atom stereocenters. The van der Waals surface area contributed by atoms with Crippen molar-refractivity contribution in [1.82, 2.24) is 53.6 Å². The topological polar surface area (TPSA) is 562 Å². The number of hydrogen-bond acceptors (Lipinski definition) is 29. The summed E-state index contributed by atoms with van der Waals surface area (Å²) in [6.45, 7) is -4.08. The van der Waals surface area contributed by atoms with Gasteiger partial charge in [0.25, 0.3) is 16.7 Å². The van der Waals surface area contributed by atoms with Gasteiger partial charge in [0.15, 0.2) is 35.1 Å². The number of phosphoric ester groups is 3.